The molecule has 0 unspecified atom stereocenters. The summed E-state index contributed by atoms with van der Waals surface area (Å²) in [7, 11) is 0. The van der Waals surface area contributed by atoms with Crippen LogP contribution in [0.2, 0.25) is 10.0 Å². The van der Waals surface area contributed by atoms with E-state index in [-0.39, 0.29) is 0 Å². The van der Waals surface area contributed by atoms with E-state index in [9.17, 15) is 0 Å². The lowest BCUT2D eigenvalue weighted by Crippen LogP contribution is -2.07. The smallest absolute Gasteiger partial charge is 0.144 e. The van der Waals surface area contributed by atoms with Crippen molar-refractivity contribution in [1.82, 2.24) is 9.97 Å². The fraction of sp³-hybridized carbons (Fsp3) is 0.167. The largest absolute Gasteiger partial charge is 0.382 e. The Balaban J connectivity index is 1.90. The molecule has 0 saturated carbocycles. The second kappa shape index (κ2) is 5.89. The molecular formula is C12H12Cl2N4. The van der Waals surface area contributed by atoms with E-state index >= 15 is 0 Å². The molecule has 3 N–H and O–H groups in total. The topological polar surface area (TPSA) is 63.8 Å². The van der Waals surface area contributed by atoms with Crippen LogP contribution in [-0.2, 0) is 6.42 Å². The van der Waals surface area contributed by atoms with Gasteiger partial charge in [0.15, 0.2) is 0 Å². The molecule has 2 rings (SSSR count). The molecule has 18 heavy (non-hydrogen) atoms. The Morgan fingerprint density at radius 2 is 2.00 bits per heavy atom. The van der Waals surface area contributed by atoms with Gasteiger partial charge in [-0.2, -0.15) is 0 Å². The van der Waals surface area contributed by atoms with Crippen molar-refractivity contribution in [3.8, 4) is 0 Å². The SMILES string of the molecule is Nc1cnc(NCCc2ccc(Cl)cc2Cl)cn1. The molecular weight excluding hydrogens is 271 g/mol. The first-order valence-corrected chi connectivity index (χ1v) is 6.16. The van der Waals surface area contributed by atoms with Gasteiger partial charge in [0, 0.05) is 16.6 Å². The number of hydrogen-bond acceptors (Lipinski definition) is 4. The Morgan fingerprint density at radius 3 is 2.67 bits per heavy atom. The molecule has 1 heterocycles. The molecule has 0 amide bonds. The van der Waals surface area contributed by atoms with Crippen LogP contribution < -0.4 is 11.1 Å². The Labute approximate surface area is 115 Å². The second-order valence-corrected chi connectivity index (χ2v) is 4.58. The van der Waals surface area contributed by atoms with Crippen LogP contribution in [-0.4, -0.2) is 16.5 Å². The third kappa shape index (κ3) is 3.48. The molecule has 2 aromatic rings. The molecule has 0 atom stereocenters. The summed E-state index contributed by atoms with van der Waals surface area (Å²) in [6.07, 6.45) is 3.89. The zero-order valence-corrected chi connectivity index (χ0v) is 11.0. The van der Waals surface area contributed by atoms with E-state index in [0.717, 1.165) is 12.0 Å². The highest BCUT2D eigenvalue weighted by Gasteiger charge is 2.01. The highest BCUT2D eigenvalue weighted by molar-refractivity contribution is 6.35. The average molecular weight is 283 g/mol. The van der Waals surface area contributed by atoms with Gasteiger partial charge in [-0.3, -0.25) is 0 Å². The van der Waals surface area contributed by atoms with Crippen LogP contribution in [0, 0.1) is 0 Å². The van der Waals surface area contributed by atoms with Crippen LogP contribution in [0.5, 0.6) is 0 Å². The summed E-state index contributed by atoms with van der Waals surface area (Å²) in [5.74, 6) is 1.09. The molecule has 0 bridgehead atoms. The highest BCUT2D eigenvalue weighted by atomic mass is 35.5. The zero-order chi connectivity index (χ0) is 13.0. The minimum Gasteiger partial charge on any atom is -0.382 e. The van der Waals surface area contributed by atoms with Crippen LogP contribution in [0.15, 0.2) is 30.6 Å². The van der Waals surface area contributed by atoms with Gasteiger partial charge in [0.2, 0.25) is 0 Å². The van der Waals surface area contributed by atoms with Gasteiger partial charge in [0.25, 0.3) is 0 Å². The van der Waals surface area contributed by atoms with E-state index in [0.29, 0.717) is 28.2 Å². The molecule has 0 saturated heterocycles. The summed E-state index contributed by atoms with van der Waals surface area (Å²) in [6, 6.07) is 5.48. The summed E-state index contributed by atoms with van der Waals surface area (Å²) in [5, 5.41) is 4.46. The lowest BCUT2D eigenvalue weighted by atomic mass is 10.1. The minimum atomic E-state index is 0.404. The number of nitrogens with zero attached hydrogens (tertiary/aromatic N) is 2. The van der Waals surface area contributed by atoms with Crippen molar-refractivity contribution >= 4 is 34.8 Å². The van der Waals surface area contributed by atoms with Crippen LogP contribution >= 0.6 is 23.2 Å². The number of nitrogens with one attached hydrogen (secondary N) is 1. The van der Waals surface area contributed by atoms with Crippen molar-refractivity contribution in [2.45, 2.75) is 6.42 Å². The predicted octanol–water partition coefficient (Wildman–Crippen LogP) is 3.02. The predicted molar refractivity (Wildman–Crippen MR) is 75.1 cm³/mol. The third-order valence-electron chi connectivity index (χ3n) is 2.39. The minimum absolute atomic E-state index is 0.404. The molecule has 4 nitrogen and oxygen atoms in total. The maximum atomic E-state index is 6.08. The molecule has 94 valence electrons. The second-order valence-electron chi connectivity index (χ2n) is 3.74. The number of nitrogen functional groups attached to an aromatic ring is 1. The van der Waals surface area contributed by atoms with Crippen molar-refractivity contribution < 1.29 is 0 Å². The lowest BCUT2D eigenvalue weighted by Gasteiger charge is -2.07. The summed E-state index contributed by atoms with van der Waals surface area (Å²) in [5.41, 5.74) is 6.49. The fourth-order valence-electron chi connectivity index (χ4n) is 1.48. The van der Waals surface area contributed by atoms with Gasteiger partial charge in [0.1, 0.15) is 11.6 Å². The number of hydrogen-bond donors (Lipinski definition) is 2. The first kappa shape index (κ1) is 12.9. The van der Waals surface area contributed by atoms with Crippen molar-refractivity contribution in [3.63, 3.8) is 0 Å². The first-order valence-electron chi connectivity index (χ1n) is 5.40. The first-order chi connectivity index (χ1) is 8.65. The van der Waals surface area contributed by atoms with Crippen LogP contribution in [0.25, 0.3) is 0 Å². The quantitative estimate of drug-likeness (QED) is 0.905. The van der Waals surface area contributed by atoms with Gasteiger partial charge in [0.05, 0.1) is 12.4 Å². The molecule has 0 aliphatic rings. The van der Waals surface area contributed by atoms with E-state index in [4.69, 9.17) is 28.9 Å². The van der Waals surface area contributed by atoms with E-state index < -0.39 is 0 Å². The molecule has 0 spiro atoms. The number of anilines is 2. The Bertz CT molecular complexity index is 528. The van der Waals surface area contributed by atoms with E-state index in [1.807, 2.05) is 12.1 Å². The standard InChI is InChI=1S/C12H12Cl2N4/c13-9-2-1-8(10(14)5-9)3-4-16-12-7-17-11(15)6-18-12/h1-2,5-7H,3-4H2,(H2,15,17)(H,16,18). The van der Waals surface area contributed by atoms with Gasteiger partial charge in [-0.05, 0) is 24.1 Å². The Kier molecular flexibility index (Phi) is 4.23. The van der Waals surface area contributed by atoms with Crippen molar-refractivity contribution in [1.29, 1.82) is 0 Å². The number of halogens is 2. The van der Waals surface area contributed by atoms with Gasteiger partial charge >= 0.3 is 0 Å². The van der Waals surface area contributed by atoms with Crippen molar-refractivity contribution in [2.24, 2.45) is 0 Å². The van der Waals surface area contributed by atoms with Gasteiger partial charge < -0.3 is 11.1 Å². The number of aromatic nitrogens is 2. The third-order valence-corrected chi connectivity index (χ3v) is 2.97. The molecule has 0 aliphatic carbocycles. The van der Waals surface area contributed by atoms with E-state index in [1.165, 1.54) is 6.20 Å². The average Bonchev–Trinajstić information content (AvgIpc) is 2.34. The summed E-state index contributed by atoms with van der Waals surface area (Å²) >= 11 is 11.9. The van der Waals surface area contributed by atoms with Gasteiger partial charge in [-0.15, -0.1) is 0 Å². The summed E-state index contributed by atoms with van der Waals surface area (Å²) < 4.78 is 0. The van der Waals surface area contributed by atoms with Crippen LogP contribution in [0.1, 0.15) is 5.56 Å². The van der Waals surface area contributed by atoms with Crippen molar-refractivity contribution in [2.75, 3.05) is 17.6 Å². The number of rotatable bonds is 4. The van der Waals surface area contributed by atoms with E-state index in [2.05, 4.69) is 15.3 Å². The van der Waals surface area contributed by atoms with E-state index in [1.54, 1.807) is 12.3 Å². The molecule has 0 radical (unpaired) electrons. The molecule has 0 fully saturated rings. The van der Waals surface area contributed by atoms with Gasteiger partial charge in [-0.25, -0.2) is 9.97 Å². The van der Waals surface area contributed by atoms with Crippen molar-refractivity contribution in [3.05, 3.63) is 46.2 Å². The summed E-state index contributed by atoms with van der Waals surface area (Å²) in [6.45, 7) is 0.708. The highest BCUT2D eigenvalue weighted by Crippen LogP contribution is 2.21. The van der Waals surface area contributed by atoms with Crippen LogP contribution in [0.4, 0.5) is 11.6 Å². The normalized spacial score (nSPS) is 10.3. The maximum absolute atomic E-state index is 6.08. The summed E-state index contributed by atoms with van der Waals surface area (Å²) in [4.78, 5) is 8.04. The molecule has 6 heteroatoms. The van der Waals surface area contributed by atoms with Gasteiger partial charge in [-0.1, -0.05) is 29.3 Å². The lowest BCUT2D eigenvalue weighted by molar-refractivity contribution is 1.00. The number of benzene rings is 1. The fourth-order valence-corrected chi connectivity index (χ4v) is 1.98. The maximum Gasteiger partial charge on any atom is 0.144 e. The Morgan fingerprint density at radius 1 is 1.17 bits per heavy atom. The molecule has 0 aliphatic heterocycles. The van der Waals surface area contributed by atoms with Crippen LogP contribution in [0.3, 0.4) is 0 Å². The number of nitrogens with two attached hydrogens (primary N) is 1. The Hall–Kier alpha value is -1.52. The monoisotopic (exact) mass is 282 g/mol. The zero-order valence-electron chi connectivity index (χ0n) is 9.53. The molecule has 1 aromatic heterocycles. The molecule has 1 aromatic carbocycles.